The van der Waals surface area contributed by atoms with Crippen LogP contribution in [0.25, 0.3) is 0 Å². The molecular formula is C19H24FN3OS. The molecule has 2 aromatic rings. The summed E-state index contributed by atoms with van der Waals surface area (Å²) in [6.45, 7) is 2.32. The summed E-state index contributed by atoms with van der Waals surface area (Å²) in [5, 5.41) is 6.66. The largest absolute Gasteiger partial charge is 0.496 e. The molecule has 0 aliphatic carbocycles. The molecule has 0 saturated carbocycles. The van der Waals surface area contributed by atoms with Crippen LogP contribution in [0.1, 0.15) is 17.2 Å². The number of para-hydroxylation sites is 1. The Morgan fingerprint density at radius 1 is 1.24 bits per heavy atom. The van der Waals surface area contributed by atoms with Gasteiger partial charge in [0.1, 0.15) is 11.6 Å². The van der Waals surface area contributed by atoms with E-state index >= 15 is 0 Å². The van der Waals surface area contributed by atoms with Gasteiger partial charge in [-0.2, -0.15) is 0 Å². The van der Waals surface area contributed by atoms with Crippen LogP contribution in [-0.4, -0.2) is 37.8 Å². The van der Waals surface area contributed by atoms with Crippen molar-refractivity contribution in [2.75, 3.05) is 33.1 Å². The van der Waals surface area contributed by atoms with Gasteiger partial charge in [-0.15, -0.1) is 0 Å². The Morgan fingerprint density at radius 2 is 1.96 bits per heavy atom. The van der Waals surface area contributed by atoms with Crippen LogP contribution in [0.2, 0.25) is 0 Å². The molecule has 1 atom stereocenters. The predicted molar refractivity (Wildman–Crippen MR) is 105 cm³/mol. The van der Waals surface area contributed by atoms with Gasteiger partial charge in [0.05, 0.1) is 13.2 Å². The highest BCUT2D eigenvalue weighted by atomic mass is 32.1. The standard InChI is InChI=1S/C19H24FN3OS/c1-13-9-10-14(11-16(13)20)22-19(25)21-12-17(23(2)3)15-7-5-6-8-18(15)24-4/h5-11,17H,12H2,1-4H3,(H2,21,22,25). The molecule has 2 N–H and O–H groups in total. The van der Waals surface area contributed by atoms with Crippen molar-refractivity contribution >= 4 is 23.0 Å². The number of nitrogens with zero attached hydrogens (tertiary/aromatic N) is 1. The number of aryl methyl sites for hydroxylation is 1. The highest BCUT2D eigenvalue weighted by molar-refractivity contribution is 7.80. The molecule has 2 aromatic carbocycles. The fourth-order valence-corrected chi connectivity index (χ4v) is 2.75. The van der Waals surface area contributed by atoms with E-state index in [1.54, 1.807) is 26.2 Å². The van der Waals surface area contributed by atoms with Gasteiger partial charge in [0.15, 0.2) is 5.11 Å². The third-order valence-corrected chi connectivity index (χ3v) is 4.25. The zero-order valence-electron chi connectivity index (χ0n) is 15.0. The van der Waals surface area contributed by atoms with Gasteiger partial charge < -0.3 is 20.3 Å². The number of ether oxygens (including phenoxy) is 1. The molecule has 0 amide bonds. The summed E-state index contributed by atoms with van der Waals surface area (Å²) < 4.78 is 19.1. The maximum absolute atomic E-state index is 13.6. The summed E-state index contributed by atoms with van der Waals surface area (Å²) in [6, 6.07) is 12.9. The van der Waals surface area contributed by atoms with Crippen molar-refractivity contribution in [2.24, 2.45) is 0 Å². The summed E-state index contributed by atoms with van der Waals surface area (Å²) in [5.74, 6) is 0.579. The van der Waals surface area contributed by atoms with Crippen molar-refractivity contribution in [2.45, 2.75) is 13.0 Å². The van der Waals surface area contributed by atoms with Crippen LogP contribution in [0.4, 0.5) is 10.1 Å². The SMILES string of the molecule is COc1ccccc1C(CNC(=S)Nc1ccc(C)c(F)c1)N(C)C. The van der Waals surface area contributed by atoms with Gasteiger partial charge in [-0.1, -0.05) is 24.3 Å². The molecule has 0 heterocycles. The lowest BCUT2D eigenvalue weighted by Crippen LogP contribution is -2.36. The second-order valence-corrected chi connectivity index (χ2v) is 6.43. The van der Waals surface area contributed by atoms with Gasteiger partial charge in [0, 0.05) is 17.8 Å². The third-order valence-electron chi connectivity index (χ3n) is 4.01. The van der Waals surface area contributed by atoms with E-state index < -0.39 is 0 Å². The van der Waals surface area contributed by atoms with Gasteiger partial charge in [-0.3, -0.25) is 0 Å². The van der Waals surface area contributed by atoms with E-state index in [1.807, 2.05) is 38.4 Å². The summed E-state index contributed by atoms with van der Waals surface area (Å²) in [7, 11) is 5.67. The lowest BCUT2D eigenvalue weighted by Gasteiger charge is -2.27. The summed E-state index contributed by atoms with van der Waals surface area (Å²) in [5.41, 5.74) is 2.30. The molecule has 0 fully saturated rings. The Hall–Kier alpha value is -2.18. The number of benzene rings is 2. The average molecular weight is 361 g/mol. The molecule has 0 aliphatic heterocycles. The Balaban J connectivity index is 2.03. The van der Waals surface area contributed by atoms with Crippen LogP contribution < -0.4 is 15.4 Å². The quantitative estimate of drug-likeness (QED) is 0.767. The fourth-order valence-electron chi connectivity index (χ4n) is 2.55. The average Bonchev–Trinajstić information content (AvgIpc) is 2.58. The highest BCUT2D eigenvalue weighted by Crippen LogP contribution is 2.27. The number of hydrogen-bond acceptors (Lipinski definition) is 3. The molecule has 1 unspecified atom stereocenters. The minimum atomic E-state index is -0.256. The molecule has 0 radical (unpaired) electrons. The number of rotatable bonds is 6. The first-order chi connectivity index (χ1) is 11.9. The topological polar surface area (TPSA) is 36.5 Å². The first kappa shape index (κ1) is 19.1. The molecule has 6 heteroatoms. The van der Waals surface area contributed by atoms with Crippen molar-refractivity contribution in [1.29, 1.82) is 0 Å². The molecule has 0 aliphatic rings. The Kier molecular flexibility index (Phi) is 6.73. The first-order valence-corrected chi connectivity index (χ1v) is 8.43. The van der Waals surface area contributed by atoms with Gasteiger partial charge in [0.25, 0.3) is 0 Å². The Labute approximate surface area is 154 Å². The Morgan fingerprint density at radius 3 is 2.60 bits per heavy atom. The van der Waals surface area contributed by atoms with Crippen molar-refractivity contribution in [3.8, 4) is 5.75 Å². The molecule has 0 aromatic heterocycles. The number of likely N-dealkylation sites (N-methyl/N-ethyl adjacent to an activating group) is 1. The van der Waals surface area contributed by atoms with E-state index in [4.69, 9.17) is 17.0 Å². The minimum absolute atomic E-state index is 0.0747. The van der Waals surface area contributed by atoms with Crippen LogP contribution in [0.5, 0.6) is 5.75 Å². The van der Waals surface area contributed by atoms with E-state index in [2.05, 4.69) is 15.5 Å². The predicted octanol–water partition coefficient (Wildman–Crippen LogP) is 3.73. The maximum Gasteiger partial charge on any atom is 0.170 e. The number of halogens is 1. The lowest BCUT2D eigenvalue weighted by molar-refractivity contribution is 0.288. The highest BCUT2D eigenvalue weighted by Gasteiger charge is 2.18. The molecule has 134 valence electrons. The number of anilines is 1. The fraction of sp³-hybridized carbons (Fsp3) is 0.316. The van der Waals surface area contributed by atoms with Crippen molar-refractivity contribution in [1.82, 2.24) is 10.2 Å². The summed E-state index contributed by atoms with van der Waals surface area (Å²) in [6.07, 6.45) is 0. The molecule has 0 saturated heterocycles. The molecular weight excluding hydrogens is 337 g/mol. The zero-order chi connectivity index (χ0) is 18.4. The van der Waals surface area contributed by atoms with Gasteiger partial charge in [0.2, 0.25) is 0 Å². The van der Waals surface area contributed by atoms with Crippen LogP contribution in [0.3, 0.4) is 0 Å². The van der Waals surface area contributed by atoms with E-state index in [1.165, 1.54) is 6.07 Å². The number of hydrogen-bond donors (Lipinski definition) is 2. The van der Waals surface area contributed by atoms with Crippen molar-refractivity contribution < 1.29 is 9.13 Å². The van der Waals surface area contributed by atoms with Gasteiger partial charge in [-0.25, -0.2) is 4.39 Å². The third kappa shape index (κ3) is 5.14. The molecule has 25 heavy (non-hydrogen) atoms. The number of methoxy groups -OCH3 is 1. The lowest BCUT2D eigenvalue weighted by atomic mass is 10.0. The van der Waals surface area contributed by atoms with Crippen LogP contribution in [0, 0.1) is 12.7 Å². The van der Waals surface area contributed by atoms with Crippen LogP contribution >= 0.6 is 12.2 Å². The smallest absolute Gasteiger partial charge is 0.170 e. The summed E-state index contributed by atoms with van der Waals surface area (Å²) >= 11 is 5.33. The van der Waals surface area contributed by atoms with Crippen molar-refractivity contribution in [3.05, 3.63) is 59.4 Å². The molecule has 4 nitrogen and oxygen atoms in total. The first-order valence-electron chi connectivity index (χ1n) is 8.02. The van der Waals surface area contributed by atoms with E-state index in [9.17, 15) is 4.39 Å². The Bertz CT molecular complexity index is 736. The molecule has 0 spiro atoms. The molecule has 0 bridgehead atoms. The zero-order valence-corrected chi connectivity index (χ0v) is 15.8. The minimum Gasteiger partial charge on any atom is -0.496 e. The van der Waals surface area contributed by atoms with E-state index in [-0.39, 0.29) is 11.9 Å². The molecule has 2 rings (SSSR count). The second kappa shape index (κ2) is 8.78. The monoisotopic (exact) mass is 361 g/mol. The van der Waals surface area contributed by atoms with Crippen LogP contribution in [0.15, 0.2) is 42.5 Å². The summed E-state index contributed by atoms with van der Waals surface area (Å²) in [4.78, 5) is 2.10. The van der Waals surface area contributed by atoms with Crippen LogP contribution in [-0.2, 0) is 0 Å². The maximum atomic E-state index is 13.6. The normalized spacial score (nSPS) is 11.9. The van der Waals surface area contributed by atoms with E-state index in [0.717, 1.165) is 11.3 Å². The number of thiocarbonyl (C=S) groups is 1. The van der Waals surface area contributed by atoms with Crippen molar-refractivity contribution in [3.63, 3.8) is 0 Å². The van der Waals surface area contributed by atoms with E-state index in [0.29, 0.717) is 22.9 Å². The number of nitrogens with one attached hydrogen (secondary N) is 2. The van der Waals surface area contributed by atoms with Gasteiger partial charge >= 0.3 is 0 Å². The van der Waals surface area contributed by atoms with Gasteiger partial charge in [-0.05, 0) is 57.0 Å². The second-order valence-electron chi connectivity index (χ2n) is 6.02.